The molecule has 0 bridgehead atoms. The lowest BCUT2D eigenvalue weighted by molar-refractivity contribution is -0.193. The van der Waals surface area contributed by atoms with Crippen LogP contribution < -0.4 is 0 Å². The second kappa shape index (κ2) is 5.86. The summed E-state index contributed by atoms with van der Waals surface area (Å²) in [6.45, 7) is 19.1. The minimum atomic E-state index is -0.0484. The van der Waals surface area contributed by atoms with E-state index in [0.29, 0.717) is 17.4 Å². The second-order valence-electron chi connectivity index (χ2n) is 10.5. The summed E-state index contributed by atoms with van der Waals surface area (Å²) in [6, 6.07) is 0. The first-order valence-corrected chi connectivity index (χ1v) is 10.4. The molecule has 138 valence electrons. The lowest BCUT2D eigenvalue weighted by Crippen LogP contribution is -2.55. The first kappa shape index (κ1) is 18.5. The van der Waals surface area contributed by atoms with Gasteiger partial charge in [0, 0.05) is 0 Å². The van der Waals surface area contributed by atoms with E-state index in [1.165, 1.54) is 38.5 Å². The SMILES string of the molecule is CCCC(C)(C(C)C)C(C)OC(C)(C)C1(C)CC2CC3=C2C(C3)C1. The average Bonchev–Trinajstić information content (AvgIpc) is 2.41. The first-order chi connectivity index (χ1) is 11.0. The van der Waals surface area contributed by atoms with Crippen LogP contribution in [0.4, 0.5) is 0 Å². The maximum atomic E-state index is 6.92. The molecule has 3 aliphatic carbocycles. The van der Waals surface area contributed by atoms with Gasteiger partial charge in [-0.15, -0.1) is 0 Å². The van der Waals surface area contributed by atoms with Crippen molar-refractivity contribution in [2.45, 2.75) is 106 Å². The Labute approximate surface area is 150 Å². The maximum Gasteiger partial charge on any atom is 0.0684 e. The van der Waals surface area contributed by atoms with Crippen LogP contribution in [0, 0.1) is 28.6 Å². The largest absolute Gasteiger partial charge is 0.371 e. The van der Waals surface area contributed by atoms with Crippen LogP contribution in [0.3, 0.4) is 0 Å². The van der Waals surface area contributed by atoms with Gasteiger partial charge in [-0.2, -0.15) is 0 Å². The van der Waals surface area contributed by atoms with Crippen molar-refractivity contribution in [2.24, 2.45) is 28.6 Å². The van der Waals surface area contributed by atoms with Crippen molar-refractivity contribution in [3.8, 4) is 0 Å². The van der Waals surface area contributed by atoms with E-state index < -0.39 is 0 Å². The normalized spacial score (nSPS) is 35.9. The molecule has 0 heterocycles. The predicted octanol–water partition coefficient (Wildman–Crippen LogP) is 6.77. The van der Waals surface area contributed by atoms with Crippen LogP contribution in [-0.2, 0) is 4.74 Å². The van der Waals surface area contributed by atoms with Crippen molar-refractivity contribution in [1.82, 2.24) is 0 Å². The summed E-state index contributed by atoms with van der Waals surface area (Å²) in [5.41, 5.74) is 4.22. The van der Waals surface area contributed by atoms with Crippen LogP contribution in [0.1, 0.15) is 93.9 Å². The van der Waals surface area contributed by atoms with Crippen LogP contribution in [0.5, 0.6) is 0 Å². The molecule has 0 amide bonds. The topological polar surface area (TPSA) is 9.23 Å². The number of ether oxygens (including phenoxy) is 1. The van der Waals surface area contributed by atoms with Gasteiger partial charge in [-0.25, -0.2) is 0 Å². The van der Waals surface area contributed by atoms with Crippen molar-refractivity contribution in [2.75, 3.05) is 0 Å². The molecule has 0 radical (unpaired) electrons. The van der Waals surface area contributed by atoms with Gasteiger partial charge >= 0.3 is 0 Å². The third-order valence-electron chi connectivity index (χ3n) is 8.63. The lowest BCUT2D eigenvalue weighted by Gasteiger charge is -2.61. The number of allylic oxidation sites excluding steroid dienone is 2. The Bertz CT molecular complexity index is 506. The second-order valence-corrected chi connectivity index (χ2v) is 10.5. The van der Waals surface area contributed by atoms with E-state index in [1.807, 2.05) is 11.1 Å². The molecule has 0 aromatic heterocycles. The highest BCUT2D eigenvalue weighted by Gasteiger charge is 2.56. The molecule has 1 nitrogen and oxygen atoms in total. The van der Waals surface area contributed by atoms with Gasteiger partial charge in [-0.1, -0.05) is 52.2 Å². The van der Waals surface area contributed by atoms with Crippen molar-refractivity contribution in [1.29, 1.82) is 0 Å². The third kappa shape index (κ3) is 2.61. The van der Waals surface area contributed by atoms with Gasteiger partial charge in [-0.3, -0.25) is 0 Å². The van der Waals surface area contributed by atoms with E-state index in [-0.39, 0.29) is 11.0 Å². The van der Waals surface area contributed by atoms with Gasteiger partial charge < -0.3 is 4.74 Å². The fraction of sp³-hybridized carbons (Fsp3) is 0.913. The molecule has 0 aliphatic heterocycles. The molecule has 0 N–H and O–H groups in total. The Morgan fingerprint density at radius 1 is 1.08 bits per heavy atom. The molecule has 24 heavy (non-hydrogen) atoms. The summed E-state index contributed by atoms with van der Waals surface area (Å²) in [6.07, 6.45) is 8.27. The Kier molecular flexibility index (Phi) is 4.52. The quantitative estimate of drug-likeness (QED) is 0.467. The maximum absolute atomic E-state index is 6.92. The molecular formula is C23H40O. The standard InChI is InChI=1S/C23H40O/c1-9-10-23(8,15(2)3)16(4)24-21(5,6)22(7)13-18-11-17-12-19(14-22)20(17)18/h15-16,18-19H,9-14H2,1-8H3. The smallest absolute Gasteiger partial charge is 0.0684 e. The molecule has 1 fully saturated rings. The monoisotopic (exact) mass is 332 g/mol. The molecular weight excluding hydrogens is 292 g/mol. The zero-order valence-corrected chi connectivity index (χ0v) is 17.5. The van der Waals surface area contributed by atoms with Crippen molar-refractivity contribution in [3.05, 3.63) is 11.1 Å². The highest BCUT2D eigenvalue weighted by atomic mass is 16.5. The molecule has 1 heteroatoms. The van der Waals surface area contributed by atoms with Crippen LogP contribution in [0.2, 0.25) is 0 Å². The molecule has 3 rings (SSSR count). The summed E-state index contributed by atoms with van der Waals surface area (Å²) < 4.78 is 6.92. The van der Waals surface area contributed by atoms with Crippen molar-refractivity contribution >= 4 is 0 Å². The van der Waals surface area contributed by atoms with E-state index in [2.05, 4.69) is 55.4 Å². The molecule has 0 spiro atoms. The number of rotatable bonds is 7. The summed E-state index contributed by atoms with van der Waals surface area (Å²) in [5, 5.41) is 0. The summed E-state index contributed by atoms with van der Waals surface area (Å²) in [4.78, 5) is 0. The van der Waals surface area contributed by atoms with Crippen LogP contribution in [0.15, 0.2) is 11.1 Å². The van der Waals surface area contributed by atoms with Crippen LogP contribution in [-0.4, -0.2) is 11.7 Å². The minimum Gasteiger partial charge on any atom is -0.371 e. The average molecular weight is 333 g/mol. The van der Waals surface area contributed by atoms with Crippen LogP contribution in [0.25, 0.3) is 0 Å². The Balaban J connectivity index is 1.74. The van der Waals surface area contributed by atoms with E-state index in [9.17, 15) is 0 Å². The zero-order valence-electron chi connectivity index (χ0n) is 17.5. The Morgan fingerprint density at radius 3 is 2.04 bits per heavy atom. The zero-order chi connectivity index (χ0) is 17.9. The molecule has 1 saturated carbocycles. The predicted molar refractivity (Wildman–Crippen MR) is 103 cm³/mol. The molecule has 4 unspecified atom stereocenters. The number of hydrogen-bond acceptors (Lipinski definition) is 1. The van der Waals surface area contributed by atoms with E-state index in [0.717, 1.165) is 11.8 Å². The van der Waals surface area contributed by atoms with Crippen molar-refractivity contribution in [3.63, 3.8) is 0 Å². The van der Waals surface area contributed by atoms with Gasteiger partial charge in [0.05, 0.1) is 11.7 Å². The molecule has 4 atom stereocenters. The highest BCUT2D eigenvalue weighted by Crippen LogP contribution is 2.65. The summed E-state index contributed by atoms with van der Waals surface area (Å²) >= 11 is 0. The summed E-state index contributed by atoms with van der Waals surface area (Å²) in [7, 11) is 0. The Hall–Kier alpha value is -0.300. The number of hydrogen-bond donors (Lipinski definition) is 0. The fourth-order valence-corrected chi connectivity index (χ4v) is 6.03. The van der Waals surface area contributed by atoms with E-state index in [1.54, 1.807) is 0 Å². The van der Waals surface area contributed by atoms with Gasteiger partial charge in [0.2, 0.25) is 0 Å². The highest BCUT2D eigenvalue weighted by molar-refractivity contribution is 5.42. The van der Waals surface area contributed by atoms with Crippen LogP contribution >= 0.6 is 0 Å². The van der Waals surface area contributed by atoms with Gasteiger partial charge in [-0.05, 0) is 81.5 Å². The van der Waals surface area contributed by atoms with E-state index >= 15 is 0 Å². The van der Waals surface area contributed by atoms with Gasteiger partial charge in [0.25, 0.3) is 0 Å². The third-order valence-corrected chi connectivity index (χ3v) is 8.63. The van der Waals surface area contributed by atoms with Crippen molar-refractivity contribution < 1.29 is 4.74 Å². The minimum absolute atomic E-state index is 0.0484. The fourth-order valence-electron chi connectivity index (χ4n) is 6.03. The van der Waals surface area contributed by atoms with E-state index in [4.69, 9.17) is 4.74 Å². The van der Waals surface area contributed by atoms with Gasteiger partial charge in [0.15, 0.2) is 0 Å². The summed E-state index contributed by atoms with van der Waals surface area (Å²) in [5.74, 6) is 2.43. The van der Waals surface area contributed by atoms with Gasteiger partial charge in [0.1, 0.15) is 0 Å². The molecule has 3 aliphatic rings. The first-order valence-electron chi connectivity index (χ1n) is 10.4. The Morgan fingerprint density at radius 2 is 1.62 bits per heavy atom. The molecule has 0 aromatic carbocycles. The molecule has 0 aromatic rings. The molecule has 0 saturated heterocycles. The lowest BCUT2D eigenvalue weighted by atomic mass is 9.46.